The number of aromatic nitrogens is 2. The van der Waals surface area contributed by atoms with Crippen LogP contribution >= 0.6 is 0 Å². The van der Waals surface area contributed by atoms with Gasteiger partial charge in [-0.15, -0.1) is 0 Å². The van der Waals surface area contributed by atoms with Crippen molar-refractivity contribution in [1.82, 2.24) is 20.3 Å². The molecule has 1 aliphatic heterocycles. The van der Waals surface area contributed by atoms with Gasteiger partial charge in [0.25, 0.3) is 5.91 Å². The first kappa shape index (κ1) is 16.7. The fraction of sp³-hybridized carbons (Fsp3) is 0.444. The van der Waals surface area contributed by atoms with Gasteiger partial charge < -0.3 is 9.88 Å². The number of nitrogens with one attached hydrogen (secondary N) is 2. The molecule has 1 aromatic heterocycles. The Hall–Kier alpha value is -2.18. The van der Waals surface area contributed by atoms with Crippen molar-refractivity contribution in [2.75, 3.05) is 13.1 Å². The molecule has 2 heterocycles. The van der Waals surface area contributed by atoms with E-state index < -0.39 is 5.91 Å². The first-order chi connectivity index (χ1) is 11.7. The number of aryl methyl sites for hydroxylation is 1. The van der Waals surface area contributed by atoms with Crippen molar-refractivity contribution in [2.45, 2.75) is 38.6 Å². The molecule has 3 rings (SSSR count). The minimum atomic E-state index is -0.540. The second kappa shape index (κ2) is 7.59. The number of hydrogen-bond acceptors (Lipinski definition) is 4. The quantitative estimate of drug-likeness (QED) is 0.432. The summed E-state index contributed by atoms with van der Waals surface area (Å²) in [5.74, 6) is 0.607. The molecule has 0 aliphatic carbocycles. The average Bonchev–Trinajstić information content (AvgIpc) is 3.24. The highest BCUT2D eigenvalue weighted by Gasteiger charge is 2.22. The van der Waals surface area contributed by atoms with Crippen LogP contribution in [-0.4, -0.2) is 33.8 Å². The van der Waals surface area contributed by atoms with Crippen LogP contribution in [0.3, 0.4) is 0 Å². The third-order valence-electron chi connectivity index (χ3n) is 4.48. The maximum Gasteiger partial charge on any atom is 0.267 e. The van der Waals surface area contributed by atoms with Crippen LogP contribution < -0.4 is 10.8 Å². The van der Waals surface area contributed by atoms with Gasteiger partial charge in [-0.2, -0.15) is 0 Å². The number of fused-ring (bicyclic) bond motifs is 1. The van der Waals surface area contributed by atoms with E-state index in [9.17, 15) is 4.79 Å². The summed E-state index contributed by atoms with van der Waals surface area (Å²) < 4.78 is 2.39. The zero-order valence-electron chi connectivity index (χ0n) is 14.0. The van der Waals surface area contributed by atoms with Crippen LogP contribution in [0.25, 0.3) is 17.1 Å². The Kier molecular flexibility index (Phi) is 5.27. The lowest BCUT2D eigenvalue weighted by atomic mass is 10.1. The van der Waals surface area contributed by atoms with Crippen LogP contribution in [0.1, 0.15) is 43.6 Å². The SMILES string of the molecule is CCCCc1nc2cc(/C=C/C(=O)NO)ccc2n1C1CCNC1. The van der Waals surface area contributed by atoms with Crippen LogP contribution in [0.5, 0.6) is 0 Å². The molecule has 3 N–H and O–H groups in total. The van der Waals surface area contributed by atoms with Gasteiger partial charge in [-0.1, -0.05) is 19.4 Å². The molecule has 1 atom stereocenters. The molecule has 6 nitrogen and oxygen atoms in total. The second-order valence-corrected chi connectivity index (χ2v) is 6.21. The normalized spacial score (nSPS) is 17.8. The van der Waals surface area contributed by atoms with Gasteiger partial charge in [-0.05, 0) is 43.2 Å². The van der Waals surface area contributed by atoms with Crippen molar-refractivity contribution in [3.8, 4) is 0 Å². The summed E-state index contributed by atoms with van der Waals surface area (Å²) in [6, 6.07) is 6.51. The monoisotopic (exact) mass is 328 g/mol. The molecule has 0 radical (unpaired) electrons. The molecule has 0 saturated carbocycles. The molecule has 0 bridgehead atoms. The smallest absolute Gasteiger partial charge is 0.267 e. The summed E-state index contributed by atoms with van der Waals surface area (Å²) in [6.45, 7) is 4.23. The summed E-state index contributed by atoms with van der Waals surface area (Å²) in [5.41, 5.74) is 4.59. The van der Waals surface area contributed by atoms with Crippen LogP contribution in [0.2, 0.25) is 0 Å². The lowest BCUT2D eigenvalue weighted by Gasteiger charge is -2.15. The topological polar surface area (TPSA) is 79.2 Å². The lowest BCUT2D eigenvalue weighted by Crippen LogP contribution is -2.15. The maximum absolute atomic E-state index is 11.1. The standard InChI is InChI=1S/C18H24N4O2/c1-2-3-4-17-20-15-11-13(6-8-18(23)21-24)5-7-16(15)22(17)14-9-10-19-12-14/h5-8,11,14,19,24H,2-4,9-10,12H2,1H3,(H,21,23)/b8-6+. The van der Waals surface area contributed by atoms with Gasteiger partial charge in [0.15, 0.2) is 0 Å². The van der Waals surface area contributed by atoms with Crippen LogP contribution in [0.15, 0.2) is 24.3 Å². The minimum absolute atomic E-state index is 0.461. The molecule has 24 heavy (non-hydrogen) atoms. The van der Waals surface area contributed by atoms with E-state index in [1.54, 1.807) is 11.6 Å². The summed E-state index contributed by atoms with van der Waals surface area (Å²) in [7, 11) is 0. The van der Waals surface area contributed by atoms with Gasteiger partial charge in [-0.25, -0.2) is 10.5 Å². The number of nitrogens with zero attached hydrogens (tertiary/aromatic N) is 2. The molecule has 1 amide bonds. The Morgan fingerprint density at radius 1 is 1.54 bits per heavy atom. The van der Waals surface area contributed by atoms with Crippen LogP contribution in [0, 0.1) is 0 Å². The molecule has 6 heteroatoms. The Balaban J connectivity index is 1.97. The van der Waals surface area contributed by atoms with Gasteiger partial charge in [0.1, 0.15) is 5.82 Å². The highest BCUT2D eigenvalue weighted by Crippen LogP contribution is 2.27. The van der Waals surface area contributed by atoms with Crippen molar-refractivity contribution in [3.05, 3.63) is 35.7 Å². The number of carbonyl (C=O) groups excluding carboxylic acids is 1. The summed E-state index contributed by atoms with van der Waals surface area (Å²) in [6.07, 6.45) is 7.37. The molecule has 1 aromatic carbocycles. The van der Waals surface area contributed by atoms with Crippen LogP contribution in [-0.2, 0) is 11.2 Å². The molecule has 1 fully saturated rings. The number of unbranched alkanes of at least 4 members (excludes halogenated alkanes) is 1. The molecule has 1 unspecified atom stereocenters. The third-order valence-corrected chi connectivity index (χ3v) is 4.48. The van der Waals surface area contributed by atoms with Crippen molar-refractivity contribution in [2.24, 2.45) is 0 Å². The zero-order valence-corrected chi connectivity index (χ0v) is 14.0. The summed E-state index contributed by atoms with van der Waals surface area (Å²) in [4.78, 5) is 16.0. The number of benzene rings is 1. The maximum atomic E-state index is 11.1. The predicted molar refractivity (Wildman–Crippen MR) is 93.8 cm³/mol. The van der Waals surface area contributed by atoms with Gasteiger partial charge in [0, 0.05) is 25.1 Å². The molecular formula is C18H24N4O2. The van der Waals surface area contributed by atoms with Crippen molar-refractivity contribution < 1.29 is 10.0 Å². The molecule has 128 valence electrons. The third kappa shape index (κ3) is 3.49. The number of hydroxylamine groups is 1. The van der Waals surface area contributed by atoms with Gasteiger partial charge in [-0.3, -0.25) is 10.0 Å². The largest absolute Gasteiger partial charge is 0.324 e. The average molecular weight is 328 g/mol. The van der Waals surface area contributed by atoms with Gasteiger partial charge in [0.05, 0.1) is 11.0 Å². The van der Waals surface area contributed by atoms with E-state index in [-0.39, 0.29) is 0 Å². The fourth-order valence-corrected chi connectivity index (χ4v) is 3.26. The zero-order chi connectivity index (χ0) is 16.9. The predicted octanol–water partition coefficient (Wildman–Crippen LogP) is 2.43. The number of hydrogen-bond donors (Lipinski definition) is 3. The van der Waals surface area contributed by atoms with E-state index in [4.69, 9.17) is 10.2 Å². The Bertz CT molecular complexity index is 745. The Morgan fingerprint density at radius 2 is 2.42 bits per heavy atom. The van der Waals surface area contributed by atoms with E-state index in [2.05, 4.69) is 22.9 Å². The van der Waals surface area contributed by atoms with E-state index in [0.29, 0.717) is 6.04 Å². The number of carbonyl (C=O) groups is 1. The molecular weight excluding hydrogens is 304 g/mol. The Morgan fingerprint density at radius 3 is 3.12 bits per heavy atom. The van der Waals surface area contributed by atoms with E-state index in [0.717, 1.165) is 61.2 Å². The fourth-order valence-electron chi connectivity index (χ4n) is 3.26. The second-order valence-electron chi connectivity index (χ2n) is 6.21. The number of amides is 1. The van der Waals surface area contributed by atoms with E-state index in [1.807, 2.05) is 12.1 Å². The number of rotatable bonds is 6. The van der Waals surface area contributed by atoms with Crippen molar-refractivity contribution >= 4 is 23.0 Å². The molecule has 0 spiro atoms. The summed E-state index contributed by atoms with van der Waals surface area (Å²) >= 11 is 0. The molecule has 2 aromatic rings. The summed E-state index contributed by atoms with van der Waals surface area (Å²) in [5, 5.41) is 12.0. The molecule has 1 aliphatic rings. The molecule has 1 saturated heterocycles. The lowest BCUT2D eigenvalue weighted by molar-refractivity contribution is -0.124. The van der Waals surface area contributed by atoms with Gasteiger partial charge in [0.2, 0.25) is 0 Å². The van der Waals surface area contributed by atoms with Crippen LogP contribution in [0.4, 0.5) is 0 Å². The van der Waals surface area contributed by atoms with E-state index in [1.165, 1.54) is 6.08 Å². The Labute approximate surface area is 141 Å². The first-order valence-electron chi connectivity index (χ1n) is 8.56. The highest BCUT2D eigenvalue weighted by molar-refractivity contribution is 5.91. The van der Waals surface area contributed by atoms with E-state index >= 15 is 0 Å². The van der Waals surface area contributed by atoms with Crippen molar-refractivity contribution in [3.63, 3.8) is 0 Å². The van der Waals surface area contributed by atoms with Gasteiger partial charge >= 0.3 is 0 Å². The number of imidazole rings is 1. The van der Waals surface area contributed by atoms with Crippen molar-refractivity contribution in [1.29, 1.82) is 0 Å². The highest BCUT2D eigenvalue weighted by atomic mass is 16.5. The minimum Gasteiger partial charge on any atom is -0.324 e. The first-order valence-corrected chi connectivity index (χ1v) is 8.56.